The Morgan fingerprint density at radius 2 is 2.13 bits per heavy atom. The first-order chi connectivity index (χ1) is 10.9. The third kappa shape index (κ3) is 5.72. The molecule has 0 aliphatic heterocycles. The predicted molar refractivity (Wildman–Crippen MR) is 91.0 cm³/mol. The lowest BCUT2D eigenvalue weighted by atomic mass is 10.1. The third-order valence-corrected chi connectivity index (χ3v) is 3.95. The zero-order valence-electron chi connectivity index (χ0n) is 12.8. The van der Waals surface area contributed by atoms with E-state index >= 15 is 0 Å². The second kappa shape index (κ2) is 9.36. The van der Waals surface area contributed by atoms with Crippen molar-refractivity contribution in [2.45, 2.75) is 19.4 Å². The van der Waals surface area contributed by atoms with Gasteiger partial charge in [-0.25, -0.2) is 0 Å². The summed E-state index contributed by atoms with van der Waals surface area (Å²) in [6.07, 6.45) is 2.37. The fourth-order valence-electron chi connectivity index (χ4n) is 1.84. The summed E-state index contributed by atoms with van der Waals surface area (Å²) in [5, 5.41) is 16.1. The van der Waals surface area contributed by atoms with Crippen LogP contribution in [0.25, 0.3) is 0 Å². The first-order valence-electron chi connectivity index (χ1n) is 6.92. The van der Waals surface area contributed by atoms with Gasteiger partial charge < -0.3 is 10.6 Å². The summed E-state index contributed by atoms with van der Waals surface area (Å²) < 4.78 is 0. The van der Waals surface area contributed by atoms with Crippen LogP contribution >= 0.6 is 23.4 Å². The van der Waals surface area contributed by atoms with Crippen LogP contribution in [-0.2, 0) is 4.79 Å². The molecule has 0 heterocycles. The van der Waals surface area contributed by atoms with Gasteiger partial charge in [0.15, 0.2) is 0 Å². The predicted octanol–water partition coefficient (Wildman–Crippen LogP) is 2.24. The van der Waals surface area contributed by atoms with Crippen molar-refractivity contribution in [3.8, 4) is 0 Å². The van der Waals surface area contributed by atoms with Gasteiger partial charge in [-0.15, -0.1) is 0 Å². The van der Waals surface area contributed by atoms with Gasteiger partial charge in [-0.3, -0.25) is 19.7 Å². The van der Waals surface area contributed by atoms with Crippen LogP contribution < -0.4 is 10.6 Å². The number of carbonyl (C=O) groups is 2. The molecule has 126 valence electrons. The van der Waals surface area contributed by atoms with E-state index in [0.717, 1.165) is 6.07 Å². The monoisotopic (exact) mass is 359 g/mol. The number of halogens is 1. The second-order valence-electron chi connectivity index (χ2n) is 4.63. The number of likely N-dealkylation sites (N-methyl/N-ethyl adjacent to an activating group) is 1. The van der Waals surface area contributed by atoms with E-state index in [2.05, 4.69) is 10.6 Å². The van der Waals surface area contributed by atoms with Crippen LogP contribution in [0.3, 0.4) is 0 Å². The van der Waals surface area contributed by atoms with Gasteiger partial charge in [0, 0.05) is 18.2 Å². The molecule has 1 rings (SSSR count). The number of nitrogens with zero attached hydrogens (tertiary/aromatic N) is 1. The van der Waals surface area contributed by atoms with Gasteiger partial charge in [-0.1, -0.05) is 11.6 Å². The molecule has 0 saturated carbocycles. The van der Waals surface area contributed by atoms with Crippen LogP contribution in [0, 0.1) is 10.1 Å². The number of benzene rings is 1. The number of nitro benzene ring substituents is 1. The highest BCUT2D eigenvalue weighted by atomic mass is 35.5. The number of hydrogen-bond acceptors (Lipinski definition) is 5. The van der Waals surface area contributed by atoms with Crippen LogP contribution in [0.2, 0.25) is 5.02 Å². The van der Waals surface area contributed by atoms with Gasteiger partial charge in [-0.2, -0.15) is 11.8 Å². The van der Waals surface area contributed by atoms with E-state index in [4.69, 9.17) is 11.6 Å². The van der Waals surface area contributed by atoms with Crippen LogP contribution in [0.5, 0.6) is 0 Å². The quantitative estimate of drug-likeness (QED) is 0.547. The van der Waals surface area contributed by atoms with E-state index in [9.17, 15) is 19.7 Å². The lowest BCUT2D eigenvalue weighted by Gasteiger charge is -2.17. The van der Waals surface area contributed by atoms with Crippen molar-refractivity contribution in [3.63, 3.8) is 0 Å². The first kappa shape index (κ1) is 19.2. The van der Waals surface area contributed by atoms with E-state index in [1.807, 2.05) is 6.26 Å². The molecule has 1 atom stereocenters. The van der Waals surface area contributed by atoms with Crippen molar-refractivity contribution < 1.29 is 14.5 Å². The number of amides is 2. The molecule has 9 heteroatoms. The number of rotatable bonds is 8. The van der Waals surface area contributed by atoms with Crippen molar-refractivity contribution in [1.82, 2.24) is 10.6 Å². The highest BCUT2D eigenvalue weighted by Crippen LogP contribution is 2.25. The maximum atomic E-state index is 12.2. The molecule has 0 spiro atoms. The van der Waals surface area contributed by atoms with Crippen molar-refractivity contribution in [1.29, 1.82) is 0 Å². The minimum Gasteiger partial charge on any atom is -0.355 e. The summed E-state index contributed by atoms with van der Waals surface area (Å²) in [4.78, 5) is 34.4. The SMILES string of the molecule is CCNC(=O)C(CCSC)NC(=O)c1ccc(Cl)c([N+](=O)[O-])c1. The van der Waals surface area contributed by atoms with Crippen LogP contribution in [0.15, 0.2) is 18.2 Å². The summed E-state index contributed by atoms with van der Waals surface area (Å²) in [5.74, 6) is -0.136. The Labute approximate surface area is 143 Å². The number of nitrogens with one attached hydrogen (secondary N) is 2. The molecule has 2 N–H and O–H groups in total. The molecule has 0 aliphatic carbocycles. The zero-order valence-corrected chi connectivity index (χ0v) is 14.4. The van der Waals surface area contributed by atoms with E-state index < -0.39 is 16.9 Å². The maximum absolute atomic E-state index is 12.2. The van der Waals surface area contributed by atoms with Gasteiger partial charge in [0.2, 0.25) is 5.91 Å². The topological polar surface area (TPSA) is 101 Å². The average molecular weight is 360 g/mol. The highest BCUT2D eigenvalue weighted by Gasteiger charge is 2.22. The molecule has 23 heavy (non-hydrogen) atoms. The summed E-state index contributed by atoms with van der Waals surface area (Å²) in [6.45, 7) is 2.24. The fourth-order valence-corrected chi connectivity index (χ4v) is 2.50. The molecule has 1 unspecified atom stereocenters. The summed E-state index contributed by atoms with van der Waals surface area (Å²) in [6, 6.07) is 3.08. The summed E-state index contributed by atoms with van der Waals surface area (Å²) >= 11 is 7.28. The highest BCUT2D eigenvalue weighted by molar-refractivity contribution is 7.98. The summed E-state index contributed by atoms with van der Waals surface area (Å²) in [5.41, 5.74) is -0.266. The molecule has 0 aromatic heterocycles. The van der Waals surface area contributed by atoms with E-state index in [1.165, 1.54) is 12.1 Å². The third-order valence-electron chi connectivity index (χ3n) is 2.99. The molecule has 1 aromatic rings. The Balaban J connectivity index is 2.91. The zero-order chi connectivity index (χ0) is 17.4. The van der Waals surface area contributed by atoms with Crippen molar-refractivity contribution in [2.24, 2.45) is 0 Å². The van der Waals surface area contributed by atoms with E-state index in [-0.39, 0.29) is 22.2 Å². The van der Waals surface area contributed by atoms with Crippen molar-refractivity contribution in [3.05, 3.63) is 38.9 Å². The lowest BCUT2D eigenvalue weighted by Crippen LogP contribution is -2.47. The van der Waals surface area contributed by atoms with E-state index in [0.29, 0.717) is 18.7 Å². The molecule has 0 fully saturated rings. The van der Waals surface area contributed by atoms with Crippen molar-refractivity contribution >= 4 is 40.9 Å². The average Bonchev–Trinajstić information content (AvgIpc) is 2.51. The standard InChI is InChI=1S/C14H18ClN3O4S/c1-3-16-14(20)11(6-7-23-2)17-13(19)9-4-5-10(15)12(8-9)18(21)22/h4-5,8,11H,3,6-7H2,1-2H3,(H,16,20)(H,17,19). The molecule has 0 radical (unpaired) electrons. The normalized spacial score (nSPS) is 11.6. The Morgan fingerprint density at radius 3 is 2.70 bits per heavy atom. The van der Waals surface area contributed by atoms with Gasteiger partial charge in [0.05, 0.1) is 4.92 Å². The van der Waals surface area contributed by atoms with Gasteiger partial charge in [-0.05, 0) is 37.5 Å². The Hall–Kier alpha value is -1.80. The molecule has 0 bridgehead atoms. The van der Waals surface area contributed by atoms with Gasteiger partial charge in [0.25, 0.3) is 11.6 Å². The van der Waals surface area contributed by atoms with Crippen LogP contribution in [0.1, 0.15) is 23.7 Å². The Bertz CT molecular complexity index is 597. The number of thioether (sulfide) groups is 1. The number of carbonyl (C=O) groups excluding carboxylic acids is 2. The Morgan fingerprint density at radius 1 is 1.43 bits per heavy atom. The van der Waals surface area contributed by atoms with Gasteiger partial charge >= 0.3 is 0 Å². The summed E-state index contributed by atoms with van der Waals surface area (Å²) in [7, 11) is 0. The minimum absolute atomic E-state index is 0.0470. The second-order valence-corrected chi connectivity index (χ2v) is 6.02. The van der Waals surface area contributed by atoms with Crippen LogP contribution in [-0.4, -0.2) is 41.3 Å². The fraction of sp³-hybridized carbons (Fsp3) is 0.429. The molecular formula is C14H18ClN3O4S. The smallest absolute Gasteiger partial charge is 0.288 e. The maximum Gasteiger partial charge on any atom is 0.288 e. The largest absolute Gasteiger partial charge is 0.355 e. The number of hydrogen-bond donors (Lipinski definition) is 2. The molecule has 2 amide bonds. The van der Waals surface area contributed by atoms with Crippen molar-refractivity contribution in [2.75, 3.05) is 18.6 Å². The molecule has 0 saturated heterocycles. The lowest BCUT2D eigenvalue weighted by molar-refractivity contribution is -0.384. The number of nitro groups is 1. The molecule has 1 aromatic carbocycles. The van der Waals surface area contributed by atoms with E-state index in [1.54, 1.807) is 18.7 Å². The first-order valence-corrected chi connectivity index (χ1v) is 8.69. The van der Waals surface area contributed by atoms with Crippen LogP contribution in [0.4, 0.5) is 5.69 Å². The minimum atomic E-state index is -0.690. The Kier molecular flexibility index (Phi) is 7.84. The molecule has 7 nitrogen and oxygen atoms in total. The molecule has 0 aliphatic rings. The molecular weight excluding hydrogens is 342 g/mol. The van der Waals surface area contributed by atoms with Gasteiger partial charge in [0.1, 0.15) is 11.1 Å².